The Morgan fingerprint density at radius 2 is 1.22 bits per heavy atom. The molecular formula is C28H33N3O10. The molecule has 0 amide bonds. The topological polar surface area (TPSA) is 213 Å². The van der Waals surface area contributed by atoms with E-state index in [2.05, 4.69) is 9.47 Å². The number of nitro benzene ring substituents is 1. The van der Waals surface area contributed by atoms with Crippen molar-refractivity contribution < 1.29 is 43.4 Å². The van der Waals surface area contributed by atoms with Crippen LogP contribution in [-0.4, -0.2) is 56.9 Å². The van der Waals surface area contributed by atoms with E-state index in [9.17, 15) is 19.7 Å². The van der Waals surface area contributed by atoms with Crippen LogP contribution in [0.25, 0.3) is 21.5 Å². The van der Waals surface area contributed by atoms with Gasteiger partial charge in [0.15, 0.2) is 5.75 Å². The van der Waals surface area contributed by atoms with Gasteiger partial charge in [0.05, 0.1) is 55.6 Å². The van der Waals surface area contributed by atoms with Gasteiger partial charge in [0.25, 0.3) is 6.47 Å². The molecule has 0 saturated heterocycles. The number of rotatable bonds is 5. The van der Waals surface area contributed by atoms with Crippen molar-refractivity contribution >= 4 is 51.3 Å². The number of carbonyl (C=O) groups excluding carboxylic acids is 2. The molecule has 0 unspecified atom stereocenters. The number of nitrogens with zero attached hydrogens (tertiary/aromatic N) is 1. The Hall–Kier alpha value is -5.43. The van der Waals surface area contributed by atoms with Crippen LogP contribution in [0.15, 0.2) is 60.7 Å². The molecule has 0 aromatic heterocycles. The highest BCUT2D eigenvalue weighted by Crippen LogP contribution is 2.35. The van der Waals surface area contributed by atoms with Crippen LogP contribution in [0.5, 0.6) is 11.5 Å². The maximum atomic E-state index is 11.4. The van der Waals surface area contributed by atoms with Crippen LogP contribution in [0.4, 0.5) is 11.4 Å². The van der Waals surface area contributed by atoms with Crippen LogP contribution in [-0.2, 0) is 14.3 Å². The van der Waals surface area contributed by atoms with Gasteiger partial charge in [-0.1, -0.05) is 25.6 Å². The molecule has 220 valence electrons. The molecule has 6 N–H and O–H groups in total. The lowest BCUT2D eigenvalue weighted by atomic mass is 10.0. The SMILES string of the molecule is C.COC(=O)c1ccc2c(N)c(OC)ccc2c1.COC(=O)c1ccc2c([N+](=O)[O-])c(OC)ccc2c1.N.O=CO. The van der Waals surface area contributed by atoms with E-state index >= 15 is 0 Å². The molecule has 0 spiro atoms. The van der Waals surface area contributed by atoms with Crippen molar-refractivity contribution in [3.05, 3.63) is 81.9 Å². The molecule has 13 nitrogen and oxygen atoms in total. The largest absolute Gasteiger partial charge is 0.495 e. The molecule has 0 heterocycles. The molecular weight excluding hydrogens is 538 g/mol. The van der Waals surface area contributed by atoms with Gasteiger partial charge in [-0.3, -0.25) is 14.9 Å². The van der Waals surface area contributed by atoms with E-state index in [1.54, 1.807) is 43.5 Å². The molecule has 0 fully saturated rings. The summed E-state index contributed by atoms with van der Waals surface area (Å²) in [5.74, 6) is -0.0340. The molecule has 0 bridgehead atoms. The summed E-state index contributed by atoms with van der Waals surface area (Å²) >= 11 is 0. The number of nitro groups is 1. The Bertz CT molecular complexity index is 1520. The van der Waals surface area contributed by atoms with E-state index < -0.39 is 10.9 Å². The number of hydrogen-bond donors (Lipinski definition) is 3. The summed E-state index contributed by atoms with van der Waals surface area (Å²) in [6, 6.07) is 16.6. The second kappa shape index (κ2) is 16.5. The summed E-state index contributed by atoms with van der Waals surface area (Å²) in [5.41, 5.74) is 7.25. The number of anilines is 1. The molecule has 0 aliphatic heterocycles. The first-order chi connectivity index (χ1) is 18.7. The van der Waals surface area contributed by atoms with Crippen molar-refractivity contribution in [2.24, 2.45) is 0 Å². The van der Waals surface area contributed by atoms with Gasteiger partial charge in [0.1, 0.15) is 5.75 Å². The molecule has 41 heavy (non-hydrogen) atoms. The molecule has 0 radical (unpaired) electrons. The maximum Gasteiger partial charge on any atom is 0.337 e. The predicted molar refractivity (Wildman–Crippen MR) is 155 cm³/mol. The van der Waals surface area contributed by atoms with Gasteiger partial charge in [-0.05, 0) is 53.2 Å². The monoisotopic (exact) mass is 571 g/mol. The van der Waals surface area contributed by atoms with Crippen LogP contribution in [0.2, 0.25) is 0 Å². The molecule has 13 heteroatoms. The minimum atomic E-state index is -0.501. The van der Waals surface area contributed by atoms with Gasteiger partial charge in [-0.25, -0.2) is 9.59 Å². The average molecular weight is 572 g/mol. The number of benzene rings is 4. The zero-order valence-corrected chi connectivity index (χ0v) is 22.2. The number of nitrogen functional groups attached to an aromatic ring is 1. The number of nitrogens with two attached hydrogens (primary N) is 1. The Labute approximate surface area is 236 Å². The van der Waals surface area contributed by atoms with E-state index in [-0.39, 0.29) is 37.5 Å². The summed E-state index contributed by atoms with van der Waals surface area (Å²) in [4.78, 5) is 41.8. The normalized spacial score (nSPS) is 9.27. The zero-order chi connectivity index (χ0) is 29.1. The zero-order valence-electron chi connectivity index (χ0n) is 22.2. The van der Waals surface area contributed by atoms with E-state index in [0.717, 1.165) is 10.8 Å². The summed E-state index contributed by atoms with van der Waals surface area (Å²) in [6.07, 6.45) is 0. The minimum Gasteiger partial charge on any atom is -0.495 e. The fraction of sp³-hybridized carbons (Fsp3) is 0.179. The molecule has 0 saturated carbocycles. The molecule has 0 aliphatic carbocycles. The second-order valence-electron chi connectivity index (χ2n) is 7.52. The van der Waals surface area contributed by atoms with Crippen molar-refractivity contribution in [2.75, 3.05) is 34.2 Å². The third-order valence-electron chi connectivity index (χ3n) is 5.44. The van der Waals surface area contributed by atoms with Gasteiger partial charge in [-0.2, -0.15) is 0 Å². The summed E-state index contributed by atoms with van der Waals surface area (Å²) in [7, 11) is 5.58. The number of esters is 2. The van der Waals surface area contributed by atoms with Gasteiger partial charge >= 0.3 is 17.6 Å². The maximum absolute atomic E-state index is 11.4. The second-order valence-corrected chi connectivity index (χ2v) is 7.52. The standard InChI is InChI=1S/C13H11NO5.C13H13NO3.CH2O2.CH4.H3N/c1-18-11-6-4-8-7-9(13(15)19-2)3-5-10(8)12(11)14(16)17;1-16-11-6-4-8-7-9(13(15)17-2)3-5-10(8)12(11)14;2-1-3;;/h3-7H,1-2H3;3-7H,14H2,1-2H3;1H,(H,2,3);1H4;1H3. The van der Waals surface area contributed by atoms with Crippen molar-refractivity contribution in [3.8, 4) is 11.5 Å². The van der Waals surface area contributed by atoms with Crippen molar-refractivity contribution in [1.29, 1.82) is 0 Å². The first kappa shape index (κ1) is 35.6. The Morgan fingerprint density at radius 1 is 0.805 bits per heavy atom. The number of carbonyl (C=O) groups is 3. The van der Waals surface area contributed by atoms with E-state index in [0.29, 0.717) is 33.3 Å². The van der Waals surface area contributed by atoms with E-state index in [4.69, 9.17) is 25.1 Å². The quantitative estimate of drug-likeness (QED) is 0.0920. The lowest BCUT2D eigenvalue weighted by Gasteiger charge is -2.08. The van der Waals surface area contributed by atoms with Crippen molar-refractivity contribution in [2.45, 2.75) is 7.43 Å². The highest BCUT2D eigenvalue weighted by atomic mass is 16.6. The van der Waals surface area contributed by atoms with Gasteiger partial charge in [-0.15, -0.1) is 0 Å². The fourth-order valence-corrected chi connectivity index (χ4v) is 3.65. The molecule has 4 aromatic rings. The fourth-order valence-electron chi connectivity index (χ4n) is 3.65. The van der Waals surface area contributed by atoms with Crippen molar-refractivity contribution in [1.82, 2.24) is 6.15 Å². The first-order valence-corrected chi connectivity index (χ1v) is 11.0. The van der Waals surface area contributed by atoms with Gasteiger partial charge in [0, 0.05) is 5.39 Å². The van der Waals surface area contributed by atoms with E-state index in [1.807, 2.05) is 6.07 Å². The Morgan fingerprint density at radius 3 is 1.63 bits per heavy atom. The predicted octanol–water partition coefficient (Wildman–Crippen LogP) is 5.26. The smallest absolute Gasteiger partial charge is 0.337 e. The Balaban J connectivity index is 0.000000685. The van der Waals surface area contributed by atoms with Gasteiger partial charge in [0.2, 0.25) is 0 Å². The number of carboxylic acid groups (broad SMARTS) is 1. The van der Waals surface area contributed by atoms with Crippen LogP contribution < -0.4 is 21.4 Å². The molecule has 4 aromatic carbocycles. The first-order valence-electron chi connectivity index (χ1n) is 11.0. The van der Waals surface area contributed by atoms with Crippen LogP contribution in [0, 0.1) is 10.1 Å². The van der Waals surface area contributed by atoms with Crippen LogP contribution >= 0.6 is 0 Å². The summed E-state index contributed by atoms with van der Waals surface area (Å²) in [5, 5.41) is 20.7. The third kappa shape index (κ3) is 8.28. The Kier molecular flexibility index (Phi) is 14.3. The van der Waals surface area contributed by atoms with E-state index in [1.165, 1.54) is 39.5 Å². The minimum absolute atomic E-state index is 0. The average Bonchev–Trinajstić information content (AvgIpc) is 2.95. The molecule has 0 aliphatic rings. The van der Waals surface area contributed by atoms with Gasteiger partial charge < -0.3 is 35.9 Å². The lowest BCUT2D eigenvalue weighted by Crippen LogP contribution is -2.01. The lowest BCUT2D eigenvalue weighted by molar-refractivity contribution is -0.383. The molecule has 4 rings (SSSR count). The highest BCUT2D eigenvalue weighted by molar-refractivity contribution is 6.01. The molecule has 0 atom stereocenters. The number of ether oxygens (including phenoxy) is 4. The van der Waals surface area contributed by atoms with Crippen LogP contribution in [0.1, 0.15) is 28.1 Å². The van der Waals surface area contributed by atoms with Crippen LogP contribution in [0.3, 0.4) is 0 Å². The highest BCUT2D eigenvalue weighted by Gasteiger charge is 2.20. The summed E-state index contributed by atoms with van der Waals surface area (Å²) in [6.45, 7) is -0.250. The summed E-state index contributed by atoms with van der Waals surface area (Å²) < 4.78 is 19.4. The number of fused-ring (bicyclic) bond motifs is 2. The third-order valence-corrected chi connectivity index (χ3v) is 5.44. The number of hydrogen-bond acceptors (Lipinski definition) is 11. The van der Waals surface area contributed by atoms with Crippen molar-refractivity contribution in [3.63, 3.8) is 0 Å². The number of methoxy groups -OCH3 is 4.